The molecule has 0 spiro atoms. The van der Waals surface area contributed by atoms with Crippen LogP contribution in [0.15, 0.2) is 48.6 Å². The van der Waals surface area contributed by atoms with E-state index in [1.54, 1.807) is 25.0 Å². The van der Waals surface area contributed by atoms with Crippen LogP contribution in [-0.4, -0.2) is 110 Å². The zero-order valence-corrected chi connectivity index (χ0v) is 27.8. The second-order valence-corrected chi connectivity index (χ2v) is 13.2. The molecule has 248 valence electrons. The van der Waals surface area contributed by atoms with Gasteiger partial charge in [0.2, 0.25) is 12.5 Å². The van der Waals surface area contributed by atoms with Crippen molar-refractivity contribution in [2.45, 2.75) is 51.0 Å². The van der Waals surface area contributed by atoms with Crippen molar-refractivity contribution >= 4 is 28.2 Å². The lowest BCUT2D eigenvalue weighted by atomic mass is 9.99. The number of ether oxygens (including phenoxy) is 2. The number of likely N-dealkylation sites (tertiary alicyclic amines) is 1. The van der Waals surface area contributed by atoms with Gasteiger partial charge in [-0.2, -0.15) is 9.97 Å². The third-order valence-corrected chi connectivity index (χ3v) is 9.61. The van der Waals surface area contributed by atoms with Crippen LogP contribution in [0, 0.1) is 13.5 Å². The van der Waals surface area contributed by atoms with Crippen LogP contribution < -0.4 is 14.5 Å². The van der Waals surface area contributed by atoms with Gasteiger partial charge in [0.1, 0.15) is 24.1 Å². The van der Waals surface area contributed by atoms with Crippen molar-refractivity contribution in [1.29, 1.82) is 0 Å². The van der Waals surface area contributed by atoms with Gasteiger partial charge in [0.05, 0.1) is 18.8 Å². The van der Waals surface area contributed by atoms with Crippen molar-refractivity contribution in [2.24, 2.45) is 0 Å². The molecule has 4 heterocycles. The number of alkyl halides is 1. The van der Waals surface area contributed by atoms with Gasteiger partial charge in [-0.05, 0) is 44.3 Å². The first kappa shape index (κ1) is 32.7. The van der Waals surface area contributed by atoms with Crippen molar-refractivity contribution in [3.8, 4) is 6.01 Å². The Morgan fingerprint density at radius 2 is 1.96 bits per heavy atom. The molecule has 3 aliphatic rings. The fourth-order valence-corrected chi connectivity index (χ4v) is 7.35. The van der Waals surface area contributed by atoms with Crippen molar-refractivity contribution in [2.75, 3.05) is 76.4 Å². The van der Waals surface area contributed by atoms with Crippen molar-refractivity contribution in [1.82, 2.24) is 19.8 Å². The van der Waals surface area contributed by atoms with E-state index in [-0.39, 0.29) is 37.2 Å². The number of rotatable bonds is 9. The molecule has 0 bridgehead atoms. The van der Waals surface area contributed by atoms with Gasteiger partial charge in [-0.25, -0.2) is 11.0 Å². The molecule has 1 aromatic heterocycles. The number of hydrogen-bond acceptors (Lipinski definition) is 8. The number of carbonyl (C=O) groups is 1. The molecule has 0 N–H and O–H groups in total. The lowest BCUT2D eigenvalue weighted by Gasteiger charge is -2.41. The number of halogens is 1. The maximum absolute atomic E-state index is 14.8. The zero-order valence-electron chi connectivity index (χ0n) is 27.8. The van der Waals surface area contributed by atoms with E-state index in [2.05, 4.69) is 58.0 Å². The van der Waals surface area contributed by atoms with E-state index in [9.17, 15) is 9.18 Å². The van der Waals surface area contributed by atoms with Crippen LogP contribution in [0.3, 0.4) is 0 Å². The third kappa shape index (κ3) is 7.04. The molecule has 3 aliphatic heterocycles. The van der Waals surface area contributed by atoms with Crippen LogP contribution in [0.25, 0.3) is 15.6 Å². The number of carbonyl (C=O) groups excluding carboxylic acids is 1. The fraction of sp³-hybridized carbons (Fsp3) is 0.500. The topological polar surface area (TPSA) is 78.6 Å². The van der Waals surface area contributed by atoms with Crippen LogP contribution in [0.1, 0.15) is 30.2 Å². The molecule has 10 nitrogen and oxygen atoms in total. The minimum Gasteiger partial charge on any atom is -0.462 e. The number of aromatic nitrogens is 2. The third-order valence-electron chi connectivity index (χ3n) is 9.61. The summed E-state index contributed by atoms with van der Waals surface area (Å²) in [5, 5.41) is 2.45. The second kappa shape index (κ2) is 13.8. The highest BCUT2D eigenvalue weighted by atomic mass is 19.1. The molecule has 0 aliphatic carbocycles. The number of aryl methyl sites for hydroxylation is 1. The SMILES string of the molecule is [C-]#[N+]C[C@H]1CN(c2nc(OC[C@@H]3CC(C)(F)CN3C)nc3c2CCN(c2cccc4cccc(C)c24)C3)CCN1C(=O)/C=C/COC. The highest BCUT2D eigenvalue weighted by Crippen LogP contribution is 2.36. The highest BCUT2D eigenvalue weighted by Gasteiger charge is 2.40. The Labute approximate surface area is 276 Å². The Bertz CT molecular complexity index is 1680. The first-order valence-electron chi connectivity index (χ1n) is 16.4. The maximum Gasteiger partial charge on any atom is 0.318 e. The van der Waals surface area contributed by atoms with Gasteiger partial charge in [0.25, 0.3) is 0 Å². The normalized spacial score (nSPS) is 23.4. The largest absolute Gasteiger partial charge is 0.462 e. The number of methoxy groups -OCH3 is 1. The first-order chi connectivity index (χ1) is 22.7. The van der Waals surface area contributed by atoms with E-state index in [1.165, 1.54) is 28.1 Å². The molecule has 3 atom stereocenters. The molecule has 2 saturated heterocycles. The predicted molar refractivity (Wildman–Crippen MR) is 182 cm³/mol. The molecule has 1 amide bonds. The van der Waals surface area contributed by atoms with Crippen molar-refractivity contribution in [3.63, 3.8) is 0 Å². The van der Waals surface area contributed by atoms with E-state index < -0.39 is 5.67 Å². The number of anilines is 2. The van der Waals surface area contributed by atoms with Gasteiger partial charge in [-0.15, -0.1) is 0 Å². The minimum atomic E-state index is -1.25. The number of nitrogens with zero attached hydrogens (tertiary/aromatic N) is 7. The average Bonchev–Trinajstić information content (AvgIpc) is 3.33. The van der Waals surface area contributed by atoms with Crippen LogP contribution in [0.4, 0.5) is 15.9 Å². The summed E-state index contributed by atoms with van der Waals surface area (Å²) in [4.78, 5) is 35.0. The number of amides is 1. The van der Waals surface area contributed by atoms with Crippen molar-refractivity contribution < 1.29 is 18.7 Å². The average molecular weight is 642 g/mol. The van der Waals surface area contributed by atoms with E-state index in [0.717, 1.165) is 30.0 Å². The second-order valence-electron chi connectivity index (χ2n) is 13.2. The molecule has 6 rings (SSSR count). The summed E-state index contributed by atoms with van der Waals surface area (Å²) >= 11 is 0. The number of fused-ring (bicyclic) bond motifs is 2. The molecule has 2 aromatic carbocycles. The fourth-order valence-electron chi connectivity index (χ4n) is 7.35. The Hall–Kier alpha value is -4.27. The molecule has 1 unspecified atom stereocenters. The Balaban J connectivity index is 1.31. The van der Waals surface area contributed by atoms with Gasteiger partial charge in [-0.1, -0.05) is 36.4 Å². The van der Waals surface area contributed by atoms with Crippen LogP contribution in [0.2, 0.25) is 0 Å². The minimum absolute atomic E-state index is 0.0768. The monoisotopic (exact) mass is 641 g/mol. The lowest BCUT2D eigenvalue weighted by molar-refractivity contribution is -0.128. The molecule has 11 heteroatoms. The molecular weight excluding hydrogens is 597 g/mol. The molecule has 47 heavy (non-hydrogen) atoms. The van der Waals surface area contributed by atoms with Gasteiger partial charge in [0.15, 0.2) is 0 Å². The first-order valence-corrected chi connectivity index (χ1v) is 16.4. The molecule has 3 aromatic rings. The molecule has 0 saturated carbocycles. The van der Waals surface area contributed by atoms with Crippen LogP contribution >= 0.6 is 0 Å². The maximum atomic E-state index is 14.8. The predicted octanol–water partition coefficient (Wildman–Crippen LogP) is 4.45. The molecular formula is C36H44FN7O3. The Morgan fingerprint density at radius 3 is 2.70 bits per heavy atom. The summed E-state index contributed by atoms with van der Waals surface area (Å²) in [5.41, 5.74) is 3.12. The van der Waals surface area contributed by atoms with Gasteiger partial charge in [-0.3, -0.25) is 9.69 Å². The van der Waals surface area contributed by atoms with Gasteiger partial charge < -0.3 is 29.0 Å². The summed E-state index contributed by atoms with van der Waals surface area (Å²) < 4.78 is 26.1. The van der Waals surface area contributed by atoms with E-state index >= 15 is 0 Å². The summed E-state index contributed by atoms with van der Waals surface area (Å²) in [6.45, 7) is 15.5. The van der Waals surface area contributed by atoms with Gasteiger partial charge >= 0.3 is 6.01 Å². The zero-order chi connectivity index (χ0) is 33.1. The lowest BCUT2D eigenvalue weighted by Crippen LogP contribution is -2.56. The smallest absolute Gasteiger partial charge is 0.318 e. The van der Waals surface area contributed by atoms with E-state index in [1.807, 2.05) is 11.9 Å². The number of hydrogen-bond donors (Lipinski definition) is 0. The summed E-state index contributed by atoms with van der Waals surface area (Å²) in [6.07, 6.45) is 4.36. The number of likely N-dealkylation sites (N-methyl/N-ethyl adjacent to an activating group) is 1. The standard InChI is InChI=1S/C36H44FN7O3/c1-25-9-6-10-26-11-7-12-31(33(25)26)42-15-14-29-30(22-42)39-35(47-23-27-19-36(2,37)24-41(27)4)40-34(29)43-16-17-44(28(21-43)20-38-3)32(45)13-8-18-46-5/h6-13,27-28H,14-24H2,1-2,4-5H3/b13-8+/t27-,28-,36?/m0/s1. The van der Waals surface area contributed by atoms with Crippen LogP contribution in [-0.2, 0) is 22.5 Å². The van der Waals surface area contributed by atoms with Crippen LogP contribution in [0.5, 0.6) is 6.01 Å². The summed E-state index contributed by atoms with van der Waals surface area (Å²) in [7, 11) is 3.51. The van der Waals surface area contributed by atoms with Crippen molar-refractivity contribution in [3.05, 3.63) is 76.8 Å². The van der Waals surface area contributed by atoms with E-state index in [0.29, 0.717) is 45.8 Å². The highest BCUT2D eigenvalue weighted by molar-refractivity contribution is 5.97. The Morgan fingerprint density at radius 1 is 1.15 bits per heavy atom. The summed E-state index contributed by atoms with van der Waals surface area (Å²) in [6, 6.07) is 12.7. The molecule has 2 fully saturated rings. The summed E-state index contributed by atoms with van der Waals surface area (Å²) in [5.74, 6) is 0.677. The van der Waals surface area contributed by atoms with Gasteiger partial charge in [0, 0.05) is 75.0 Å². The Kier molecular flexibility index (Phi) is 9.62. The number of benzene rings is 2. The quantitative estimate of drug-likeness (QED) is 0.251. The molecule has 0 radical (unpaired) electrons. The number of piperazine rings is 1. The van der Waals surface area contributed by atoms with E-state index in [4.69, 9.17) is 26.0 Å².